The number of hydrogen-bond acceptors (Lipinski definition) is 4. The first-order valence-corrected chi connectivity index (χ1v) is 6.66. The van der Waals surface area contributed by atoms with Crippen molar-refractivity contribution in [2.75, 3.05) is 27.2 Å². The molecule has 1 aliphatic rings. The molecule has 1 rings (SSSR count). The first kappa shape index (κ1) is 14.5. The summed E-state index contributed by atoms with van der Waals surface area (Å²) in [5.41, 5.74) is -0.470. The SMILES string of the molecule is CCOC(=O)C1(NC)CCCC(N(C)CC)C1. The molecule has 0 radical (unpaired) electrons. The Kier molecular flexibility index (Phi) is 5.40. The van der Waals surface area contributed by atoms with E-state index in [1.54, 1.807) is 0 Å². The van der Waals surface area contributed by atoms with E-state index in [1.165, 1.54) is 6.42 Å². The highest BCUT2D eigenvalue weighted by Crippen LogP contribution is 2.31. The molecule has 0 aliphatic heterocycles. The van der Waals surface area contributed by atoms with E-state index in [0.717, 1.165) is 25.8 Å². The van der Waals surface area contributed by atoms with Gasteiger partial charge < -0.3 is 15.0 Å². The number of nitrogens with zero attached hydrogens (tertiary/aromatic N) is 1. The molecule has 100 valence electrons. The van der Waals surface area contributed by atoms with Gasteiger partial charge >= 0.3 is 5.97 Å². The lowest BCUT2D eigenvalue weighted by Crippen LogP contribution is -2.57. The van der Waals surface area contributed by atoms with Gasteiger partial charge in [-0.1, -0.05) is 6.92 Å². The van der Waals surface area contributed by atoms with Crippen LogP contribution in [-0.4, -0.2) is 49.7 Å². The molecule has 0 aromatic rings. The molecule has 0 saturated heterocycles. The van der Waals surface area contributed by atoms with Crippen molar-refractivity contribution in [3.8, 4) is 0 Å². The number of likely N-dealkylation sites (N-methyl/N-ethyl adjacent to an activating group) is 1. The zero-order valence-corrected chi connectivity index (χ0v) is 11.6. The second-order valence-corrected chi connectivity index (χ2v) is 4.88. The van der Waals surface area contributed by atoms with Crippen LogP contribution < -0.4 is 5.32 Å². The smallest absolute Gasteiger partial charge is 0.326 e. The maximum Gasteiger partial charge on any atom is 0.326 e. The molecule has 2 atom stereocenters. The molecule has 1 aliphatic carbocycles. The van der Waals surface area contributed by atoms with E-state index in [2.05, 4.69) is 24.2 Å². The van der Waals surface area contributed by atoms with Crippen molar-refractivity contribution in [1.29, 1.82) is 0 Å². The predicted octanol–water partition coefficient (Wildman–Crippen LogP) is 1.40. The third kappa shape index (κ3) is 3.19. The van der Waals surface area contributed by atoms with Crippen LogP contribution in [0.1, 0.15) is 39.5 Å². The van der Waals surface area contributed by atoms with Crippen molar-refractivity contribution in [2.24, 2.45) is 0 Å². The van der Waals surface area contributed by atoms with Gasteiger partial charge in [0, 0.05) is 6.04 Å². The second kappa shape index (κ2) is 6.36. The molecule has 0 heterocycles. The summed E-state index contributed by atoms with van der Waals surface area (Å²) in [7, 11) is 3.99. The average Bonchev–Trinajstić information content (AvgIpc) is 2.38. The van der Waals surface area contributed by atoms with Crippen LogP contribution in [0.3, 0.4) is 0 Å². The Labute approximate surface area is 105 Å². The maximum absolute atomic E-state index is 12.1. The summed E-state index contributed by atoms with van der Waals surface area (Å²) in [5, 5.41) is 3.21. The number of ether oxygens (including phenoxy) is 1. The van der Waals surface area contributed by atoms with Crippen LogP contribution in [0.5, 0.6) is 0 Å². The molecule has 0 bridgehead atoms. The third-order valence-electron chi connectivity index (χ3n) is 3.99. The summed E-state index contributed by atoms with van der Waals surface area (Å²) in [5.74, 6) is -0.0864. The summed E-state index contributed by atoms with van der Waals surface area (Å²) in [6, 6.07) is 0.477. The third-order valence-corrected chi connectivity index (χ3v) is 3.99. The molecular formula is C13H26N2O2. The standard InChI is InChI=1S/C13H26N2O2/c1-5-15(4)11-8-7-9-13(10-11,14-3)12(16)17-6-2/h11,14H,5-10H2,1-4H3. The van der Waals surface area contributed by atoms with Crippen molar-refractivity contribution in [3.63, 3.8) is 0 Å². The summed E-state index contributed by atoms with van der Waals surface area (Å²) >= 11 is 0. The van der Waals surface area contributed by atoms with Gasteiger partial charge in [0.05, 0.1) is 6.61 Å². The number of hydrogen-bond donors (Lipinski definition) is 1. The lowest BCUT2D eigenvalue weighted by atomic mass is 9.78. The van der Waals surface area contributed by atoms with Crippen LogP contribution >= 0.6 is 0 Å². The van der Waals surface area contributed by atoms with Gasteiger partial charge in [-0.15, -0.1) is 0 Å². The number of carbonyl (C=O) groups excluding carboxylic acids is 1. The van der Waals surface area contributed by atoms with Crippen LogP contribution in [0.25, 0.3) is 0 Å². The van der Waals surface area contributed by atoms with E-state index in [4.69, 9.17) is 4.74 Å². The summed E-state index contributed by atoms with van der Waals surface area (Å²) in [6.45, 7) is 5.49. The van der Waals surface area contributed by atoms with E-state index in [-0.39, 0.29) is 5.97 Å². The van der Waals surface area contributed by atoms with E-state index < -0.39 is 5.54 Å². The van der Waals surface area contributed by atoms with E-state index in [0.29, 0.717) is 12.6 Å². The van der Waals surface area contributed by atoms with E-state index in [9.17, 15) is 4.79 Å². The molecule has 2 unspecified atom stereocenters. The first-order chi connectivity index (χ1) is 8.09. The Bertz CT molecular complexity index is 258. The summed E-state index contributed by atoms with van der Waals surface area (Å²) in [4.78, 5) is 14.4. The van der Waals surface area contributed by atoms with Crippen LogP contribution in [-0.2, 0) is 9.53 Å². The molecule has 0 amide bonds. The van der Waals surface area contributed by atoms with Gasteiger partial charge in [-0.25, -0.2) is 0 Å². The van der Waals surface area contributed by atoms with Crippen LogP contribution in [0, 0.1) is 0 Å². The van der Waals surface area contributed by atoms with Crippen molar-refractivity contribution >= 4 is 5.97 Å². The van der Waals surface area contributed by atoms with Gasteiger partial charge in [0.25, 0.3) is 0 Å². The largest absolute Gasteiger partial charge is 0.465 e. The fourth-order valence-electron chi connectivity index (χ4n) is 2.66. The topological polar surface area (TPSA) is 41.6 Å². The molecule has 17 heavy (non-hydrogen) atoms. The van der Waals surface area contributed by atoms with Crippen molar-refractivity contribution in [1.82, 2.24) is 10.2 Å². The molecule has 4 heteroatoms. The summed E-state index contributed by atoms with van der Waals surface area (Å²) < 4.78 is 5.22. The normalized spacial score (nSPS) is 29.4. The summed E-state index contributed by atoms with van der Waals surface area (Å²) in [6.07, 6.45) is 3.99. The van der Waals surface area contributed by atoms with Crippen LogP contribution in [0.4, 0.5) is 0 Å². The van der Waals surface area contributed by atoms with E-state index >= 15 is 0 Å². The van der Waals surface area contributed by atoms with E-state index in [1.807, 2.05) is 14.0 Å². The Hall–Kier alpha value is -0.610. The van der Waals surface area contributed by atoms with Crippen molar-refractivity contribution in [3.05, 3.63) is 0 Å². The Morgan fingerprint density at radius 3 is 2.76 bits per heavy atom. The lowest BCUT2D eigenvalue weighted by Gasteiger charge is -2.41. The second-order valence-electron chi connectivity index (χ2n) is 4.88. The van der Waals surface area contributed by atoms with Gasteiger partial charge in [0.1, 0.15) is 5.54 Å². The number of carbonyl (C=O) groups is 1. The highest BCUT2D eigenvalue weighted by atomic mass is 16.5. The van der Waals surface area contributed by atoms with Gasteiger partial charge in [0.15, 0.2) is 0 Å². The van der Waals surface area contributed by atoms with Crippen molar-refractivity contribution < 1.29 is 9.53 Å². The Morgan fingerprint density at radius 2 is 2.24 bits per heavy atom. The van der Waals surface area contributed by atoms with Gasteiger partial charge in [-0.3, -0.25) is 4.79 Å². The van der Waals surface area contributed by atoms with Crippen LogP contribution in [0.15, 0.2) is 0 Å². The van der Waals surface area contributed by atoms with Gasteiger partial charge in [-0.05, 0) is 53.2 Å². The molecular weight excluding hydrogens is 216 g/mol. The van der Waals surface area contributed by atoms with Crippen LogP contribution in [0.2, 0.25) is 0 Å². The highest BCUT2D eigenvalue weighted by Gasteiger charge is 2.43. The minimum Gasteiger partial charge on any atom is -0.465 e. The molecule has 1 saturated carbocycles. The minimum atomic E-state index is -0.470. The first-order valence-electron chi connectivity index (χ1n) is 6.66. The van der Waals surface area contributed by atoms with Gasteiger partial charge in [0.2, 0.25) is 0 Å². The fraction of sp³-hybridized carbons (Fsp3) is 0.923. The zero-order chi connectivity index (χ0) is 12.9. The number of rotatable bonds is 5. The number of nitrogens with one attached hydrogen (secondary N) is 1. The van der Waals surface area contributed by atoms with Gasteiger partial charge in [-0.2, -0.15) is 0 Å². The van der Waals surface area contributed by atoms with Crippen molar-refractivity contribution in [2.45, 2.75) is 51.1 Å². The lowest BCUT2D eigenvalue weighted by molar-refractivity contribution is -0.153. The minimum absolute atomic E-state index is 0.0864. The zero-order valence-electron chi connectivity index (χ0n) is 11.6. The Balaban J connectivity index is 2.74. The maximum atomic E-state index is 12.1. The molecule has 1 N–H and O–H groups in total. The fourth-order valence-corrected chi connectivity index (χ4v) is 2.66. The molecule has 0 aromatic carbocycles. The molecule has 1 fully saturated rings. The Morgan fingerprint density at radius 1 is 1.53 bits per heavy atom. The predicted molar refractivity (Wildman–Crippen MR) is 69.0 cm³/mol. The number of esters is 1. The molecule has 0 spiro atoms. The quantitative estimate of drug-likeness (QED) is 0.740. The average molecular weight is 242 g/mol. The molecule has 4 nitrogen and oxygen atoms in total. The monoisotopic (exact) mass is 242 g/mol. The molecule has 0 aromatic heterocycles. The highest BCUT2D eigenvalue weighted by molar-refractivity contribution is 5.81.